The maximum atomic E-state index is 11.1. The normalized spacial score (nSPS) is 11.5. The number of nitrogens with one attached hydrogen (secondary N) is 1. The summed E-state index contributed by atoms with van der Waals surface area (Å²) in [6, 6.07) is 3.88. The van der Waals surface area contributed by atoms with E-state index in [2.05, 4.69) is 10.1 Å². The molecule has 1 rings (SSSR count). The molecule has 0 radical (unpaired) electrons. The standard InChI is InChI=1S/C12H19NO4S2/c1-17-12(14)8-10-4-5-11(18-10)9-13-6-3-7-19(2,15)16/h4-5,13H,3,6-9H2,1-2H3. The first-order valence-electron chi connectivity index (χ1n) is 5.93. The molecule has 7 heteroatoms. The highest BCUT2D eigenvalue weighted by Crippen LogP contribution is 2.17. The van der Waals surface area contributed by atoms with Crippen LogP contribution in [0.25, 0.3) is 0 Å². The van der Waals surface area contributed by atoms with Gasteiger partial charge in [-0.05, 0) is 25.1 Å². The minimum Gasteiger partial charge on any atom is -0.469 e. The first kappa shape index (κ1) is 16.1. The molecule has 1 N–H and O–H groups in total. The lowest BCUT2D eigenvalue weighted by molar-refractivity contribution is -0.139. The van der Waals surface area contributed by atoms with Crippen molar-refractivity contribution >= 4 is 27.1 Å². The number of esters is 1. The maximum absolute atomic E-state index is 11.1. The first-order chi connectivity index (χ1) is 8.90. The van der Waals surface area contributed by atoms with Crippen molar-refractivity contribution in [2.24, 2.45) is 0 Å². The Balaban J connectivity index is 2.25. The molecule has 0 amide bonds. The third-order valence-corrected chi connectivity index (χ3v) is 4.55. The smallest absolute Gasteiger partial charge is 0.310 e. The fraction of sp³-hybridized carbons (Fsp3) is 0.583. The van der Waals surface area contributed by atoms with Crippen LogP contribution in [0.3, 0.4) is 0 Å². The number of ether oxygens (including phenoxy) is 1. The zero-order valence-corrected chi connectivity index (χ0v) is 12.8. The maximum Gasteiger partial charge on any atom is 0.310 e. The van der Waals surface area contributed by atoms with Gasteiger partial charge >= 0.3 is 5.97 Å². The first-order valence-corrected chi connectivity index (χ1v) is 8.81. The van der Waals surface area contributed by atoms with Crippen molar-refractivity contribution in [3.63, 3.8) is 0 Å². The molecule has 0 fully saturated rings. The molecule has 0 bridgehead atoms. The Labute approximate surface area is 117 Å². The zero-order valence-electron chi connectivity index (χ0n) is 11.1. The minimum atomic E-state index is -2.87. The van der Waals surface area contributed by atoms with Gasteiger partial charge in [0.25, 0.3) is 0 Å². The molecule has 1 aromatic heterocycles. The summed E-state index contributed by atoms with van der Waals surface area (Å²) >= 11 is 1.56. The average Bonchev–Trinajstić information content (AvgIpc) is 2.74. The van der Waals surface area contributed by atoms with Crippen molar-refractivity contribution in [3.8, 4) is 0 Å². The predicted octanol–water partition coefficient (Wildman–Crippen LogP) is 0.988. The van der Waals surface area contributed by atoms with E-state index in [0.29, 0.717) is 25.9 Å². The van der Waals surface area contributed by atoms with Gasteiger partial charge in [-0.1, -0.05) is 0 Å². The number of hydrogen-bond acceptors (Lipinski definition) is 6. The monoisotopic (exact) mass is 305 g/mol. The van der Waals surface area contributed by atoms with Crippen LogP contribution in [0, 0.1) is 0 Å². The van der Waals surface area contributed by atoms with Crippen molar-refractivity contribution < 1.29 is 17.9 Å². The summed E-state index contributed by atoms with van der Waals surface area (Å²) < 4.78 is 26.5. The van der Waals surface area contributed by atoms with Crippen LogP contribution >= 0.6 is 11.3 Å². The molecule has 108 valence electrons. The molecule has 0 aliphatic carbocycles. The number of carbonyl (C=O) groups is 1. The summed E-state index contributed by atoms with van der Waals surface area (Å²) in [7, 11) is -1.50. The van der Waals surface area contributed by atoms with Gasteiger partial charge in [0.05, 0.1) is 19.3 Å². The van der Waals surface area contributed by atoms with Crippen molar-refractivity contribution in [1.29, 1.82) is 0 Å². The fourth-order valence-corrected chi connectivity index (χ4v) is 3.14. The number of rotatable bonds is 8. The molecule has 1 aromatic rings. The van der Waals surface area contributed by atoms with Gasteiger partial charge in [-0.2, -0.15) is 0 Å². The van der Waals surface area contributed by atoms with Crippen LogP contribution < -0.4 is 5.32 Å². The Morgan fingerprint density at radius 3 is 2.68 bits per heavy atom. The highest BCUT2D eigenvalue weighted by atomic mass is 32.2. The van der Waals surface area contributed by atoms with E-state index in [4.69, 9.17) is 0 Å². The highest BCUT2D eigenvalue weighted by molar-refractivity contribution is 7.90. The lowest BCUT2D eigenvalue weighted by Crippen LogP contribution is -2.17. The number of methoxy groups -OCH3 is 1. The molecule has 0 saturated heterocycles. The molecular weight excluding hydrogens is 286 g/mol. The second kappa shape index (κ2) is 7.62. The number of hydrogen-bond donors (Lipinski definition) is 1. The Kier molecular flexibility index (Phi) is 6.47. The molecule has 1 heterocycles. The van der Waals surface area contributed by atoms with Gasteiger partial charge in [0.2, 0.25) is 0 Å². The van der Waals surface area contributed by atoms with Gasteiger partial charge < -0.3 is 10.1 Å². The van der Waals surface area contributed by atoms with Gasteiger partial charge in [-0.15, -0.1) is 11.3 Å². The SMILES string of the molecule is COC(=O)Cc1ccc(CNCCCS(C)(=O)=O)s1. The topological polar surface area (TPSA) is 72.5 Å². The van der Waals surface area contributed by atoms with E-state index in [-0.39, 0.29) is 11.7 Å². The van der Waals surface area contributed by atoms with Crippen LogP contribution in [0.5, 0.6) is 0 Å². The minimum absolute atomic E-state index is 0.206. The molecule has 0 spiro atoms. The fourth-order valence-electron chi connectivity index (χ4n) is 1.50. The Morgan fingerprint density at radius 1 is 1.37 bits per heavy atom. The van der Waals surface area contributed by atoms with Gasteiger partial charge in [-0.3, -0.25) is 4.79 Å². The van der Waals surface area contributed by atoms with Crippen molar-refractivity contribution in [3.05, 3.63) is 21.9 Å². The van der Waals surface area contributed by atoms with Crippen LogP contribution in [-0.4, -0.2) is 40.1 Å². The molecule has 5 nitrogen and oxygen atoms in total. The molecular formula is C12H19NO4S2. The van der Waals surface area contributed by atoms with Crippen molar-refractivity contribution in [1.82, 2.24) is 5.32 Å². The second-order valence-corrected chi connectivity index (χ2v) is 7.79. The van der Waals surface area contributed by atoms with E-state index in [0.717, 1.165) is 9.75 Å². The molecule has 0 unspecified atom stereocenters. The van der Waals surface area contributed by atoms with E-state index >= 15 is 0 Å². The predicted molar refractivity (Wildman–Crippen MR) is 76.1 cm³/mol. The zero-order chi connectivity index (χ0) is 14.3. The summed E-state index contributed by atoms with van der Waals surface area (Å²) in [6.45, 7) is 1.35. The van der Waals surface area contributed by atoms with Crippen molar-refractivity contribution in [2.75, 3.05) is 25.7 Å². The van der Waals surface area contributed by atoms with Gasteiger partial charge in [0.15, 0.2) is 0 Å². The summed E-state index contributed by atoms with van der Waals surface area (Å²) in [4.78, 5) is 13.2. The summed E-state index contributed by atoms with van der Waals surface area (Å²) in [5, 5.41) is 3.18. The highest BCUT2D eigenvalue weighted by Gasteiger charge is 2.06. The second-order valence-electron chi connectivity index (χ2n) is 4.28. The van der Waals surface area contributed by atoms with Gasteiger partial charge in [0, 0.05) is 22.6 Å². The van der Waals surface area contributed by atoms with Gasteiger partial charge in [-0.25, -0.2) is 8.42 Å². The third kappa shape index (κ3) is 7.29. The summed E-state index contributed by atoms with van der Waals surface area (Å²) in [5.74, 6) is -0.0348. The molecule has 0 aliphatic heterocycles. The van der Waals surface area contributed by atoms with E-state index in [1.165, 1.54) is 13.4 Å². The molecule has 19 heavy (non-hydrogen) atoms. The lowest BCUT2D eigenvalue weighted by Gasteiger charge is -2.02. The van der Waals surface area contributed by atoms with E-state index in [1.807, 2.05) is 12.1 Å². The molecule has 0 saturated carbocycles. The van der Waals surface area contributed by atoms with E-state index < -0.39 is 9.84 Å². The van der Waals surface area contributed by atoms with Gasteiger partial charge in [0.1, 0.15) is 9.84 Å². The van der Waals surface area contributed by atoms with Crippen LogP contribution in [0.4, 0.5) is 0 Å². The van der Waals surface area contributed by atoms with Crippen molar-refractivity contribution in [2.45, 2.75) is 19.4 Å². The number of sulfone groups is 1. The Bertz CT molecular complexity index is 508. The Morgan fingerprint density at radius 2 is 2.05 bits per heavy atom. The largest absolute Gasteiger partial charge is 0.469 e. The lowest BCUT2D eigenvalue weighted by atomic mass is 10.3. The third-order valence-electron chi connectivity index (χ3n) is 2.43. The Hall–Kier alpha value is -0.920. The molecule has 0 atom stereocenters. The van der Waals surface area contributed by atoms with Crippen LogP contribution in [0.15, 0.2) is 12.1 Å². The number of carbonyl (C=O) groups excluding carboxylic acids is 1. The average molecular weight is 305 g/mol. The summed E-state index contributed by atoms with van der Waals surface area (Å²) in [6.07, 6.45) is 2.15. The van der Waals surface area contributed by atoms with Crippen LogP contribution in [0.1, 0.15) is 16.2 Å². The molecule has 0 aromatic carbocycles. The summed E-state index contributed by atoms with van der Waals surface area (Å²) in [5.41, 5.74) is 0. The quantitative estimate of drug-likeness (QED) is 0.573. The number of thiophene rings is 1. The van der Waals surface area contributed by atoms with E-state index in [9.17, 15) is 13.2 Å². The molecule has 0 aliphatic rings. The van der Waals surface area contributed by atoms with E-state index in [1.54, 1.807) is 11.3 Å². The van der Waals surface area contributed by atoms with Crippen LogP contribution in [-0.2, 0) is 32.3 Å². The van der Waals surface area contributed by atoms with Crippen LogP contribution in [0.2, 0.25) is 0 Å².